The zero-order valence-electron chi connectivity index (χ0n) is 78.0. The molecule has 3 heterocycles. The Morgan fingerprint density at radius 3 is 1.14 bits per heavy atom. The van der Waals surface area contributed by atoms with Gasteiger partial charge in [-0.15, -0.1) is 0 Å². The van der Waals surface area contributed by atoms with Crippen molar-refractivity contribution in [1.82, 2.24) is 0 Å². The van der Waals surface area contributed by atoms with E-state index in [-0.39, 0.29) is 19.2 Å². The molecule has 1 aromatic heterocycles. The molecular formula is C130H93B2FN2O3. The van der Waals surface area contributed by atoms with Gasteiger partial charge in [0.05, 0.1) is 17.1 Å². The van der Waals surface area contributed by atoms with Crippen molar-refractivity contribution < 1.29 is 18.3 Å². The molecule has 0 N–H and O–H groups in total. The fourth-order valence-electron chi connectivity index (χ4n) is 23.2. The third-order valence-corrected chi connectivity index (χ3v) is 29.1. The van der Waals surface area contributed by atoms with Crippen molar-refractivity contribution in [3.8, 4) is 67.5 Å². The molecule has 0 saturated heterocycles. The van der Waals surface area contributed by atoms with Gasteiger partial charge in [-0.1, -0.05) is 387 Å². The van der Waals surface area contributed by atoms with Crippen LogP contribution in [-0.4, -0.2) is 13.4 Å². The van der Waals surface area contributed by atoms with E-state index in [0.717, 1.165) is 111 Å². The second-order valence-electron chi connectivity index (χ2n) is 37.8. The van der Waals surface area contributed by atoms with Gasteiger partial charge >= 0.3 is 0 Å². The minimum Gasteiger partial charge on any atom is -0.456 e. The number of ether oxygens (including phenoxy) is 2. The molecule has 0 atom stereocenters. The monoisotopic (exact) mass is 1770 g/mol. The molecule has 8 heteroatoms. The molecule has 654 valence electrons. The number of hydrogen-bond acceptors (Lipinski definition) is 5. The van der Waals surface area contributed by atoms with E-state index in [1.54, 1.807) is 6.07 Å². The summed E-state index contributed by atoms with van der Waals surface area (Å²) in [7, 11) is 0. The topological polar surface area (TPSA) is 38.1 Å². The Balaban J connectivity index is 0.000000150. The molecule has 0 saturated carbocycles. The fraction of sp³-hybridized carbons (Fsp3) is 0.0615. The number of furan rings is 1. The van der Waals surface area contributed by atoms with Crippen molar-refractivity contribution in [2.45, 2.75) is 55.4 Å². The number of halogens is 1. The number of anilines is 6. The highest BCUT2D eigenvalue weighted by atomic mass is 19.1. The largest absolute Gasteiger partial charge is 0.456 e. The van der Waals surface area contributed by atoms with Crippen molar-refractivity contribution in [2.75, 3.05) is 9.80 Å². The van der Waals surface area contributed by atoms with Crippen molar-refractivity contribution in [3.63, 3.8) is 0 Å². The molecule has 0 aliphatic carbocycles. The first-order valence-electron chi connectivity index (χ1n) is 47.8. The lowest BCUT2D eigenvalue weighted by molar-refractivity contribution is 0.487. The highest BCUT2D eigenvalue weighted by Gasteiger charge is 2.36. The predicted molar refractivity (Wildman–Crippen MR) is 584 cm³/mol. The summed E-state index contributed by atoms with van der Waals surface area (Å²) in [5.74, 6) is 2.83. The van der Waals surface area contributed by atoms with E-state index in [1.807, 2.05) is 95.9 Å². The molecule has 23 aromatic carbocycles. The van der Waals surface area contributed by atoms with Gasteiger partial charge in [0.2, 0.25) is 13.4 Å². The van der Waals surface area contributed by atoms with Crippen LogP contribution >= 0.6 is 0 Å². The highest BCUT2D eigenvalue weighted by Crippen LogP contribution is 2.56. The third-order valence-electron chi connectivity index (χ3n) is 29.1. The van der Waals surface area contributed by atoms with E-state index in [2.05, 4.69) is 382 Å². The lowest BCUT2D eigenvalue weighted by Crippen LogP contribution is -2.56. The second-order valence-corrected chi connectivity index (χ2v) is 37.8. The molecule has 0 fully saturated rings. The van der Waals surface area contributed by atoms with Crippen LogP contribution in [0.15, 0.2) is 423 Å². The standard InChI is InChI=1S/C72H53BFNO2.C58H40BNO/c1-42-33-44(3)69(45(4)34-42)73(70-46(5)35-43(2)36-47(70)6)62-41-60-56-26-18-30-66-68(56)61(40-59(60)52-23-13-14-24-53(52)62)55-32-31-51(39-67(55)76-66)75(64-28-17-27-57-54-25-15-16-29-65(54)77-72(57)64)71-58(49-21-11-8-12-22-49)37-50(38-63(71)74)48-19-9-7-10-20-48;1-37-24-28-41(29-25-37)60(42-30-26-38(2)27-31-42)43-32-33-48-52-35-50-46-18-7-8-19-47(46)55(36-51(50)49-20-11-23-56(58(49)52)61-57(48)34-43)59(53-21-9-14-39-12-3-5-16-44(39)53)54-22-10-15-40-13-4-6-17-45(40)54/h7-41H,1-6H3;3-36H,1-2H3. The summed E-state index contributed by atoms with van der Waals surface area (Å²) in [4.78, 5) is 4.34. The molecule has 138 heavy (non-hydrogen) atoms. The maximum absolute atomic E-state index is 18.0. The van der Waals surface area contributed by atoms with Crippen LogP contribution in [0.3, 0.4) is 0 Å². The highest BCUT2D eigenvalue weighted by molar-refractivity contribution is 7.00. The molecule has 0 unspecified atom stereocenters. The molecule has 0 bridgehead atoms. The molecule has 2 aliphatic rings. The van der Waals surface area contributed by atoms with Crippen molar-refractivity contribution in [2.24, 2.45) is 0 Å². The fourth-order valence-corrected chi connectivity index (χ4v) is 23.2. The first kappa shape index (κ1) is 83.1. The summed E-state index contributed by atoms with van der Waals surface area (Å²) in [5, 5.41) is 21.3. The van der Waals surface area contributed by atoms with E-state index in [1.165, 1.54) is 153 Å². The number of benzene rings is 23. The Hall–Kier alpha value is -16.8. The van der Waals surface area contributed by atoms with Gasteiger partial charge in [-0.2, -0.15) is 0 Å². The van der Waals surface area contributed by atoms with Gasteiger partial charge in [-0.25, -0.2) is 4.39 Å². The summed E-state index contributed by atoms with van der Waals surface area (Å²) in [6, 6.07) is 150. The zero-order chi connectivity index (χ0) is 92.8. The number of hydrogen-bond donors (Lipinski definition) is 0. The number of aryl methyl sites for hydroxylation is 8. The van der Waals surface area contributed by atoms with Crippen LogP contribution in [0.5, 0.6) is 23.0 Å². The zero-order valence-corrected chi connectivity index (χ0v) is 78.0. The average molecular weight is 1770 g/mol. The molecule has 0 amide bonds. The second kappa shape index (κ2) is 33.4. The first-order valence-corrected chi connectivity index (χ1v) is 47.8. The normalized spacial score (nSPS) is 11.9. The molecule has 2 aliphatic heterocycles. The Bertz CT molecular complexity index is 8930. The van der Waals surface area contributed by atoms with E-state index >= 15 is 4.39 Å². The summed E-state index contributed by atoms with van der Waals surface area (Å²) in [6.07, 6.45) is 0. The summed E-state index contributed by atoms with van der Waals surface area (Å²) in [5.41, 5.74) is 32.3. The third kappa shape index (κ3) is 13.9. The van der Waals surface area contributed by atoms with Crippen molar-refractivity contribution >= 4 is 188 Å². The Labute approximate surface area is 802 Å². The van der Waals surface area contributed by atoms with Gasteiger partial charge in [0.25, 0.3) is 0 Å². The number of rotatable bonds is 14. The number of para-hydroxylation sites is 2. The molecule has 26 rings (SSSR count). The lowest BCUT2D eigenvalue weighted by Gasteiger charge is -2.30. The van der Waals surface area contributed by atoms with Gasteiger partial charge in [0, 0.05) is 67.4 Å². The Morgan fingerprint density at radius 2 is 0.630 bits per heavy atom. The van der Waals surface area contributed by atoms with E-state index < -0.39 is 0 Å². The van der Waals surface area contributed by atoms with E-state index in [4.69, 9.17) is 13.9 Å². The molecule has 24 aromatic rings. The van der Waals surface area contributed by atoms with Crippen LogP contribution in [0.2, 0.25) is 0 Å². The minimum absolute atomic E-state index is 0.0122. The summed E-state index contributed by atoms with van der Waals surface area (Å²) < 4.78 is 38.9. The maximum Gasteiger partial charge on any atom is 0.243 e. The van der Waals surface area contributed by atoms with Gasteiger partial charge in [0.1, 0.15) is 34.4 Å². The van der Waals surface area contributed by atoms with Crippen LogP contribution in [0.1, 0.15) is 44.5 Å². The van der Waals surface area contributed by atoms with Gasteiger partial charge in [-0.3, -0.25) is 0 Å². The minimum atomic E-state index is -0.368. The van der Waals surface area contributed by atoms with Gasteiger partial charge < -0.3 is 23.7 Å². The van der Waals surface area contributed by atoms with Crippen LogP contribution in [-0.2, 0) is 0 Å². The molecular weight excluding hydrogens is 1680 g/mol. The summed E-state index contributed by atoms with van der Waals surface area (Å²) >= 11 is 0. The average Bonchev–Trinajstić information content (AvgIpc) is 0.800. The Kier molecular flexibility index (Phi) is 20.1. The smallest absolute Gasteiger partial charge is 0.243 e. The van der Waals surface area contributed by atoms with Crippen molar-refractivity contribution in [1.29, 1.82) is 0 Å². The van der Waals surface area contributed by atoms with Gasteiger partial charge in [-0.05, 0) is 256 Å². The SMILES string of the molecule is Cc1cc(C)c(B(c2c(C)cc(C)cc2C)c2cc3c4cccc5c4c(cc3c3ccccc23)-c2ccc(N(c3c(F)cc(-c4ccccc4)cc3-c3ccccc3)c3cccc4c3oc3ccccc34)cc2O5)c(C)c1.Cc1ccc(N(c2ccc(C)cc2)c2ccc3c(c2)Oc2cccc4c2c-3cc2c3ccccc3c(B(c3cccc5ccccc35)c3cccc5ccccc35)cc42)cc1. The number of nitrogens with zero attached hydrogens (tertiary/aromatic N) is 2. The van der Waals surface area contributed by atoms with Crippen molar-refractivity contribution in [3.05, 3.63) is 469 Å². The predicted octanol–water partition coefficient (Wildman–Crippen LogP) is 32.0. The maximum atomic E-state index is 18.0. The van der Waals surface area contributed by atoms with Crippen LogP contribution in [0.4, 0.5) is 38.5 Å². The molecule has 0 spiro atoms. The van der Waals surface area contributed by atoms with E-state index in [9.17, 15) is 0 Å². The van der Waals surface area contributed by atoms with Crippen LogP contribution in [0.25, 0.3) is 153 Å². The van der Waals surface area contributed by atoms with Crippen LogP contribution in [0, 0.1) is 61.2 Å². The number of fused-ring (bicyclic) bond motifs is 17. The lowest BCUT2D eigenvalue weighted by atomic mass is 9.33. The molecule has 0 radical (unpaired) electrons. The quantitative estimate of drug-likeness (QED) is 0.0801. The van der Waals surface area contributed by atoms with Gasteiger partial charge in [0.15, 0.2) is 5.58 Å². The molecule has 5 nitrogen and oxygen atoms in total. The Morgan fingerprint density at radius 1 is 0.232 bits per heavy atom. The first-order chi connectivity index (χ1) is 67.6. The summed E-state index contributed by atoms with van der Waals surface area (Å²) in [6.45, 7) is 17.7. The van der Waals surface area contributed by atoms with E-state index in [0.29, 0.717) is 22.7 Å². The van der Waals surface area contributed by atoms with Crippen LogP contribution < -0.4 is 52.1 Å².